The maximum Gasteiger partial charge on any atom is 0.438 e. The van der Waals surface area contributed by atoms with Crippen molar-refractivity contribution < 1.29 is 63.3 Å². The first-order valence-electron chi connectivity index (χ1n) is 5.77. The molecule has 0 fully saturated rings. The van der Waals surface area contributed by atoms with Gasteiger partial charge in [0.25, 0.3) is 0 Å². The summed E-state index contributed by atoms with van der Waals surface area (Å²) < 4.78 is 141. The molecule has 3 nitrogen and oxygen atoms in total. The van der Waals surface area contributed by atoms with E-state index >= 15 is 0 Å². The zero-order valence-corrected chi connectivity index (χ0v) is 11.8. The number of carbonyl (C=O) groups excluding carboxylic acids is 1. The van der Waals surface area contributed by atoms with Crippen LogP contribution in [-0.2, 0) is 4.79 Å². The van der Waals surface area contributed by atoms with Crippen LogP contribution in [0.2, 0.25) is 0 Å². The SMILES string of the molecule is C=C(CC(C)(O)C(F)(F)C(F)(F)C(F)(C(F)(F)F)C(F)(F)F)C(=O)[O-]. The second kappa shape index (κ2) is 5.99. The van der Waals surface area contributed by atoms with Crippen molar-refractivity contribution >= 4 is 5.97 Å². The molecule has 0 rings (SSSR count). The minimum atomic E-state index is -7.75. The van der Waals surface area contributed by atoms with Gasteiger partial charge < -0.3 is 15.0 Å². The number of halogens is 11. The number of hydrogen-bond donors (Lipinski definition) is 1. The Labute approximate surface area is 131 Å². The number of carbonyl (C=O) groups is 1. The van der Waals surface area contributed by atoms with Crippen LogP contribution >= 0.6 is 0 Å². The summed E-state index contributed by atoms with van der Waals surface area (Å²) in [6, 6.07) is 0. The van der Waals surface area contributed by atoms with Crippen molar-refractivity contribution in [1.82, 2.24) is 0 Å². The first kappa shape index (κ1) is 23.4. The summed E-state index contributed by atoms with van der Waals surface area (Å²) in [5, 5.41) is 19.5. The molecular weight excluding hydrogens is 389 g/mol. The van der Waals surface area contributed by atoms with Crippen molar-refractivity contribution in [3.8, 4) is 0 Å². The summed E-state index contributed by atoms with van der Waals surface area (Å²) in [5.41, 5.74) is -13.9. The van der Waals surface area contributed by atoms with E-state index in [4.69, 9.17) is 0 Å². The molecular formula is C11H8F11O3-. The first-order valence-corrected chi connectivity index (χ1v) is 5.77. The summed E-state index contributed by atoms with van der Waals surface area (Å²) >= 11 is 0. The molecule has 25 heavy (non-hydrogen) atoms. The predicted octanol–water partition coefficient (Wildman–Crippen LogP) is 2.54. The van der Waals surface area contributed by atoms with E-state index in [0.717, 1.165) is 0 Å². The lowest BCUT2D eigenvalue weighted by atomic mass is 9.80. The lowest BCUT2D eigenvalue weighted by Crippen LogP contribution is -2.74. The lowest BCUT2D eigenvalue weighted by Gasteiger charge is -2.44. The minimum absolute atomic E-state index is 0.414. The van der Waals surface area contributed by atoms with Crippen LogP contribution in [0.1, 0.15) is 13.3 Å². The van der Waals surface area contributed by atoms with Gasteiger partial charge in [-0.05, 0) is 12.5 Å². The molecule has 0 saturated carbocycles. The maximum atomic E-state index is 13.7. The fourth-order valence-corrected chi connectivity index (χ4v) is 1.67. The van der Waals surface area contributed by atoms with Gasteiger partial charge in [-0.15, -0.1) is 0 Å². The molecule has 0 saturated heterocycles. The third kappa shape index (κ3) is 3.40. The molecule has 0 aromatic carbocycles. The molecule has 0 aliphatic carbocycles. The van der Waals surface area contributed by atoms with E-state index in [1.165, 1.54) is 0 Å². The number of hydrogen-bond acceptors (Lipinski definition) is 3. The quantitative estimate of drug-likeness (QED) is 0.554. The van der Waals surface area contributed by atoms with Crippen molar-refractivity contribution in [2.45, 2.75) is 48.8 Å². The largest absolute Gasteiger partial charge is 0.545 e. The molecule has 0 aliphatic heterocycles. The van der Waals surface area contributed by atoms with Gasteiger partial charge in [-0.3, -0.25) is 0 Å². The highest BCUT2D eigenvalue weighted by molar-refractivity contribution is 5.84. The molecule has 1 N–H and O–H groups in total. The normalized spacial score (nSPS) is 17.2. The molecule has 0 bridgehead atoms. The van der Waals surface area contributed by atoms with Gasteiger partial charge in [-0.25, -0.2) is 4.39 Å². The Balaban J connectivity index is 6.43. The van der Waals surface area contributed by atoms with Gasteiger partial charge in [-0.1, -0.05) is 6.58 Å². The topological polar surface area (TPSA) is 60.4 Å². The fraction of sp³-hybridized carbons (Fsp3) is 0.727. The number of aliphatic hydroxyl groups is 1. The summed E-state index contributed by atoms with van der Waals surface area (Å²) in [6.07, 6.45) is -17.3. The van der Waals surface area contributed by atoms with Crippen molar-refractivity contribution in [3.05, 3.63) is 12.2 Å². The molecule has 0 aromatic rings. The molecule has 0 radical (unpaired) electrons. The lowest BCUT2D eigenvalue weighted by molar-refractivity contribution is -0.439. The number of alkyl halides is 11. The molecule has 0 amide bonds. The Kier molecular flexibility index (Phi) is 5.60. The average molecular weight is 397 g/mol. The summed E-state index contributed by atoms with van der Waals surface area (Å²) in [5.74, 6) is -16.7. The molecule has 0 spiro atoms. The van der Waals surface area contributed by atoms with Crippen LogP contribution in [0.15, 0.2) is 12.2 Å². The van der Waals surface area contributed by atoms with Crippen LogP contribution in [0.3, 0.4) is 0 Å². The second-order valence-electron chi connectivity index (χ2n) is 5.14. The van der Waals surface area contributed by atoms with Crippen molar-refractivity contribution in [1.29, 1.82) is 0 Å². The van der Waals surface area contributed by atoms with Gasteiger partial charge >= 0.3 is 29.9 Å². The number of carboxylic acids is 1. The van der Waals surface area contributed by atoms with Gasteiger partial charge in [0, 0.05) is 6.42 Å². The summed E-state index contributed by atoms with van der Waals surface area (Å²) in [4.78, 5) is 10.3. The fourth-order valence-electron chi connectivity index (χ4n) is 1.67. The van der Waals surface area contributed by atoms with E-state index in [2.05, 4.69) is 6.58 Å². The highest BCUT2D eigenvalue weighted by atomic mass is 19.4. The van der Waals surface area contributed by atoms with E-state index < -0.39 is 60.4 Å². The van der Waals surface area contributed by atoms with Gasteiger partial charge in [-0.2, -0.15) is 43.9 Å². The molecule has 148 valence electrons. The van der Waals surface area contributed by atoms with Gasteiger partial charge in [0.2, 0.25) is 0 Å². The van der Waals surface area contributed by atoms with Crippen LogP contribution in [-0.4, -0.2) is 46.5 Å². The van der Waals surface area contributed by atoms with Gasteiger partial charge in [0.1, 0.15) is 5.60 Å². The van der Waals surface area contributed by atoms with Gasteiger partial charge in [0.15, 0.2) is 0 Å². The smallest absolute Gasteiger partial charge is 0.438 e. The Hall–Kier alpha value is -1.60. The Morgan fingerprint density at radius 3 is 1.44 bits per heavy atom. The minimum Gasteiger partial charge on any atom is -0.545 e. The number of carboxylic acid groups (broad SMARTS) is 1. The third-order valence-electron chi connectivity index (χ3n) is 3.13. The summed E-state index contributed by atoms with van der Waals surface area (Å²) in [7, 11) is 0. The van der Waals surface area contributed by atoms with Crippen LogP contribution in [0.4, 0.5) is 48.3 Å². The molecule has 0 aliphatic rings. The van der Waals surface area contributed by atoms with E-state index in [0.29, 0.717) is 0 Å². The van der Waals surface area contributed by atoms with E-state index in [-0.39, 0.29) is 0 Å². The first-order chi connectivity index (χ1) is 10.6. The van der Waals surface area contributed by atoms with Crippen molar-refractivity contribution in [2.75, 3.05) is 0 Å². The standard InChI is InChI=1S/C11H9F11O3/c1-4(5(23)24)3-6(2,25)8(13,14)9(15,16)7(12,10(17,18)19)11(20,21)22/h25H,1,3H2,2H3,(H,23,24)/p-1. The van der Waals surface area contributed by atoms with Crippen LogP contribution < -0.4 is 5.11 Å². The highest BCUT2D eigenvalue weighted by Crippen LogP contribution is 2.61. The van der Waals surface area contributed by atoms with E-state index in [1.54, 1.807) is 0 Å². The maximum absolute atomic E-state index is 13.7. The van der Waals surface area contributed by atoms with Gasteiger partial charge in [0.05, 0.1) is 5.97 Å². The molecule has 0 heterocycles. The summed E-state index contributed by atoms with van der Waals surface area (Å²) in [6.45, 7) is 2.04. The molecule has 1 atom stereocenters. The highest BCUT2D eigenvalue weighted by Gasteiger charge is 2.91. The Bertz CT molecular complexity index is 530. The second-order valence-corrected chi connectivity index (χ2v) is 5.14. The molecule has 1 unspecified atom stereocenters. The predicted molar refractivity (Wildman–Crippen MR) is 55.2 cm³/mol. The van der Waals surface area contributed by atoms with Crippen LogP contribution in [0.25, 0.3) is 0 Å². The zero-order valence-electron chi connectivity index (χ0n) is 11.8. The van der Waals surface area contributed by atoms with Crippen LogP contribution in [0, 0.1) is 0 Å². The van der Waals surface area contributed by atoms with Crippen molar-refractivity contribution in [2.24, 2.45) is 0 Å². The van der Waals surface area contributed by atoms with Crippen LogP contribution in [0.5, 0.6) is 0 Å². The van der Waals surface area contributed by atoms with E-state index in [1.807, 2.05) is 0 Å². The van der Waals surface area contributed by atoms with E-state index in [9.17, 15) is 63.3 Å². The Morgan fingerprint density at radius 1 is 0.880 bits per heavy atom. The molecule has 14 heteroatoms. The zero-order chi connectivity index (χ0) is 20.9. The number of aliphatic carboxylic acids is 1. The monoisotopic (exact) mass is 397 g/mol. The average Bonchev–Trinajstić information content (AvgIpc) is 2.33. The van der Waals surface area contributed by atoms with Crippen molar-refractivity contribution in [3.63, 3.8) is 0 Å². The Morgan fingerprint density at radius 2 is 1.20 bits per heavy atom. The number of rotatable bonds is 6. The molecule has 0 aromatic heterocycles. The third-order valence-corrected chi connectivity index (χ3v) is 3.13.